The van der Waals surface area contributed by atoms with Gasteiger partial charge in [0.15, 0.2) is 0 Å². The zero-order valence-electron chi connectivity index (χ0n) is 20.2. The van der Waals surface area contributed by atoms with E-state index in [0.29, 0.717) is 0 Å². The number of nitro groups is 1. The Balaban J connectivity index is 1.48. The van der Waals surface area contributed by atoms with Gasteiger partial charge >= 0.3 is 0 Å². The van der Waals surface area contributed by atoms with Gasteiger partial charge in [-0.15, -0.1) is 11.3 Å². The topological polar surface area (TPSA) is 46.4 Å². The maximum atomic E-state index is 10.8. The third-order valence-corrected chi connectivity index (χ3v) is 6.83. The Morgan fingerprint density at radius 3 is 1.85 bits per heavy atom. The highest BCUT2D eigenvalue weighted by atomic mass is 32.1. The first-order valence-corrected chi connectivity index (χ1v) is 12.9. The Morgan fingerprint density at radius 2 is 1.29 bits per heavy atom. The molecule has 1 aromatic heterocycles. The molecule has 0 saturated heterocycles. The predicted molar refractivity (Wildman–Crippen MR) is 148 cm³/mol. The molecular weight excluding hydrogens is 440 g/mol. The van der Waals surface area contributed by atoms with Gasteiger partial charge in [0.2, 0.25) is 0 Å². The molecule has 1 heterocycles. The summed E-state index contributed by atoms with van der Waals surface area (Å²) in [6.45, 7) is 3.36. The number of unbranched alkanes of at least 4 members (excludes halogenated alkanes) is 5. The van der Waals surface area contributed by atoms with Gasteiger partial charge in [0.05, 0.1) is 4.92 Å². The lowest BCUT2D eigenvalue weighted by Gasteiger charge is -2.19. The van der Waals surface area contributed by atoms with Gasteiger partial charge in [-0.25, -0.2) is 0 Å². The molecule has 34 heavy (non-hydrogen) atoms. The van der Waals surface area contributed by atoms with Crippen LogP contribution in [0.15, 0.2) is 60.7 Å². The largest absolute Gasteiger partial charge is 0.375 e. The van der Waals surface area contributed by atoms with Crippen molar-refractivity contribution in [3.8, 4) is 0 Å². The maximum Gasteiger partial charge on any atom is 0.269 e. The molecule has 178 valence electrons. The van der Waals surface area contributed by atoms with Crippen LogP contribution in [0.2, 0.25) is 0 Å². The molecule has 0 saturated carbocycles. The van der Waals surface area contributed by atoms with Gasteiger partial charge in [-0.2, -0.15) is 0 Å². The van der Waals surface area contributed by atoms with E-state index in [0.717, 1.165) is 17.0 Å². The third-order valence-electron chi connectivity index (χ3n) is 5.81. The average molecular weight is 475 g/mol. The average Bonchev–Trinajstić information content (AvgIpc) is 3.32. The highest BCUT2D eigenvalue weighted by Crippen LogP contribution is 2.23. The standard InChI is InChI=1S/C29H34N2O2S/c1-3-4-5-6-7-8-23-30(2)26-15-9-24(10-16-26)13-19-28-21-22-29(34-28)20-14-25-11-17-27(18-12-25)31(32)33/h9-22H,3-8,23H2,1-2H3/b19-13+,20-14+. The van der Waals surface area contributed by atoms with Crippen molar-refractivity contribution in [1.82, 2.24) is 0 Å². The lowest BCUT2D eigenvalue weighted by molar-refractivity contribution is -0.384. The first-order chi connectivity index (χ1) is 16.5. The number of hydrogen-bond donors (Lipinski definition) is 0. The van der Waals surface area contributed by atoms with E-state index < -0.39 is 0 Å². The zero-order valence-corrected chi connectivity index (χ0v) is 21.0. The maximum absolute atomic E-state index is 10.8. The number of thiophene rings is 1. The summed E-state index contributed by atoms with van der Waals surface area (Å²) in [4.78, 5) is 15.1. The second kappa shape index (κ2) is 13.5. The van der Waals surface area contributed by atoms with Crippen molar-refractivity contribution < 1.29 is 4.92 Å². The van der Waals surface area contributed by atoms with Crippen LogP contribution in [0.3, 0.4) is 0 Å². The quantitative estimate of drug-likeness (QED) is 0.141. The zero-order chi connectivity index (χ0) is 24.2. The van der Waals surface area contributed by atoms with Crippen LogP contribution < -0.4 is 4.90 Å². The molecule has 3 aromatic rings. The van der Waals surface area contributed by atoms with Crippen LogP contribution >= 0.6 is 11.3 Å². The Hall–Kier alpha value is -3.18. The van der Waals surface area contributed by atoms with Crippen LogP contribution in [0.4, 0.5) is 11.4 Å². The van der Waals surface area contributed by atoms with Crippen LogP contribution in [0.25, 0.3) is 24.3 Å². The fraction of sp³-hybridized carbons (Fsp3) is 0.310. The van der Waals surface area contributed by atoms with Crippen molar-refractivity contribution in [2.24, 2.45) is 0 Å². The van der Waals surface area contributed by atoms with Crippen molar-refractivity contribution in [2.75, 3.05) is 18.5 Å². The van der Waals surface area contributed by atoms with E-state index in [1.165, 1.54) is 66.8 Å². The number of nitrogens with zero attached hydrogens (tertiary/aromatic N) is 2. The third kappa shape index (κ3) is 8.31. The molecule has 0 radical (unpaired) electrons. The van der Waals surface area contributed by atoms with Crippen LogP contribution in [-0.4, -0.2) is 18.5 Å². The molecular formula is C29H34N2O2S. The molecule has 4 nitrogen and oxygen atoms in total. The monoisotopic (exact) mass is 474 g/mol. The molecule has 0 N–H and O–H groups in total. The van der Waals surface area contributed by atoms with Gasteiger partial charge < -0.3 is 4.90 Å². The Morgan fingerprint density at radius 1 is 0.765 bits per heavy atom. The number of nitro benzene ring substituents is 1. The number of rotatable bonds is 13. The van der Waals surface area contributed by atoms with Crippen molar-refractivity contribution >= 4 is 47.0 Å². The fourth-order valence-electron chi connectivity index (χ4n) is 3.71. The summed E-state index contributed by atoms with van der Waals surface area (Å²) in [5.74, 6) is 0. The molecule has 5 heteroatoms. The smallest absolute Gasteiger partial charge is 0.269 e. The van der Waals surface area contributed by atoms with Crippen LogP contribution in [0, 0.1) is 10.1 Å². The Kier molecular flexibility index (Phi) is 10.1. The van der Waals surface area contributed by atoms with E-state index >= 15 is 0 Å². The molecule has 2 aromatic carbocycles. The van der Waals surface area contributed by atoms with Crippen LogP contribution in [0.1, 0.15) is 66.3 Å². The highest BCUT2D eigenvalue weighted by Gasteiger charge is 2.03. The summed E-state index contributed by atoms with van der Waals surface area (Å²) in [5, 5.41) is 10.8. The second-order valence-electron chi connectivity index (χ2n) is 8.54. The molecule has 0 bridgehead atoms. The number of hydrogen-bond acceptors (Lipinski definition) is 4. The molecule has 0 aliphatic heterocycles. The molecule has 0 atom stereocenters. The number of non-ortho nitro benzene ring substituents is 1. The molecule has 0 amide bonds. The van der Waals surface area contributed by atoms with Gasteiger partial charge in [-0.3, -0.25) is 10.1 Å². The minimum atomic E-state index is -0.381. The highest BCUT2D eigenvalue weighted by molar-refractivity contribution is 7.13. The summed E-state index contributed by atoms with van der Waals surface area (Å²) in [5.41, 5.74) is 3.50. The number of anilines is 1. The van der Waals surface area contributed by atoms with Gasteiger partial charge in [0, 0.05) is 41.2 Å². The van der Waals surface area contributed by atoms with Gasteiger partial charge in [-0.05, 0) is 66.1 Å². The summed E-state index contributed by atoms with van der Waals surface area (Å²) < 4.78 is 0. The second-order valence-corrected chi connectivity index (χ2v) is 9.68. The van der Waals surface area contributed by atoms with Crippen molar-refractivity contribution in [3.63, 3.8) is 0 Å². The van der Waals surface area contributed by atoms with Crippen molar-refractivity contribution in [1.29, 1.82) is 0 Å². The van der Waals surface area contributed by atoms with Crippen molar-refractivity contribution in [3.05, 3.63) is 91.7 Å². The Bertz CT molecular complexity index is 1080. The van der Waals surface area contributed by atoms with Gasteiger partial charge in [0.1, 0.15) is 0 Å². The van der Waals surface area contributed by atoms with E-state index in [1.807, 2.05) is 12.2 Å². The van der Waals surface area contributed by atoms with Gasteiger partial charge in [-0.1, -0.05) is 63.3 Å². The van der Waals surface area contributed by atoms with E-state index in [9.17, 15) is 10.1 Å². The van der Waals surface area contributed by atoms with Crippen molar-refractivity contribution in [2.45, 2.75) is 45.4 Å². The summed E-state index contributed by atoms with van der Waals surface area (Å²) in [6.07, 6.45) is 16.2. The van der Waals surface area contributed by atoms with Crippen LogP contribution in [-0.2, 0) is 0 Å². The minimum absolute atomic E-state index is 0.109. The summed E-state index contributed by atoms with van der Waals surface area (Å²) >= 11 is 1.71. The molecule has 3 rings (SSSR count). The summed E-state index contributed by atoms with van der Waals surface area (Å²) in [6, 6.07) is 19.5. The lowest BCUT2D eigenvalue weighted by Crippen LogP contribution is -2.18. The van der Waals surface area contributed by atoms with E-state index in [-0.39, 0.29) is 10.6 Å². The van der Waals surface area contributed by atoms with E-state index in [1.54, 1.807) is 23.5 Å². The first kappa shape index (κ1) is 25.4. The fourth-order valence-corrected chi connectivity index (χ4v) is 4.53. The molecule has 0 fully saturated rings. The molecule has 0 aliphatic rings. The summed E-state index contributed by atoms with van der Waals surface area (Å²) in [7, 11) is 2.17. The van der Waals surface area contributed by atoms with E-state index in [4.69, 9.17) is 0 Å². The van der Waals surface area contributed by atoms with E-state index in [2.05, 4.69) is 67.4 Å². The molecule has 0 unspecified atom stereocenters. The van der Waals surface area contributed by atoms with Gasteiger partial charge in [0.25, 0.3) is 5.69 Å². The SMILES string of the molecule is CCCCCCCCN(C)c1ccc(/C=C/c2ccc(/C=C/c3ccc([N+](=O)[O-])cc3)s2)cc1. The Labute approximate surface area is 207 Å². The number of benzene rings is 2. The normalized spacial score (nSPS) is 11.5. The predicted octanol–water partition coefficient (Wildman–Crippen LogP) is 8.79. The first-order valence-electron chi connectivity index (χ1n) is 12.1. The molecule has 0 aliphatic carbocycles. The molecule has 0 spiro atoms. The lowest BCUT2D eigenvalue weighted by atomic mass is 10.1. The minimum Gasteiger partial charge on any atom is -0.375 e. The van der Waals surface area contributed by atoms with Crippen LogP contribution in [0.5, 0.6) is 0 Å².